The molecule has 0 saturated heterocycles. The van der Waals surface area contributed by atoms with Crippen LogP contribution in [0, 0.1) is 48.5 Å². The predicted molar refractivity (Wildman–Crippen MR) is 610 cm³/mol. The van der Waals surface area contributed by atoms with Gasteiger partial charge >= 0.3 is 0 Å². The zero-order valence-corrected chi connectivity index (χ0v) is 82.1. The summed E-state index contributed by atoms with van der Waals surface area (Å²) >= 11 is 7.49. The molecule has 0 aliphatic heterocycles. The van der Waals surface area contributed by atoms with E-state index in [1.807, 2.05) is 93.9 Å². The van der Waals surface area contributed by atoms with E-state index in [9.17, 15) is 0 Å². The number of hydrogen-bond acceptors (Lipinski definition) is 7. The Morgan fingerprint density at radius 2 is 0.493 bits per heavy atom. The van der Waals surface area contributed by atoms with Gasteiger partial charge in [0.1, 0.15) is 33.5 Å². The van der Waals surface area contributed by atoms with E-state index in [4.69, 9.17) is 13.3 Å². The molecule has 0 aliphatic carbocycles. The highest BCUT2D eigenvalue weighted by molar-refractivity contribution is 7.27. The number of para-hydroxylation sites is 4. The average molecular weight is 1870 g/mol. The molecule has 7 heteroatoms. The van der Waals surface area contributed by atoms with E-state index >= 15 is 0 Å². The first-order chi connectivity index (χ1) is 68.8. The van der Waals surface area contributed by atoms with Crippen LogP contribution in [-0.2, 0) is 0 Å². The Labute approximate surface area is 830 Å². The fourth-order valence-electron chi connectivity index (χ4n) is 19.4. The lowest BCUT2D eigenvalue weighted by Gasteiger charge is -2.06. The molecule has 140 heavy (non-hydrogen) atoms. The van der Waals surface area contributed by atoms with Gasteiger partial charge in [0.15, 0.2) is 0 Å². The maximum Gasteiger partial charge on any atom is 0.143 e. The summed E-state index contributed by atoms with van der Waals surface area (Å²) < 4.78 is 29.0. The molecule has 7 aromatic heterocycles. The van der Waals surface area contributed by atoms with Crippen molar-refractivity contribution in [3.63, 3.8) is 0 Å². The van der Waals surface area contributed by atoms with Crippen molar-refractivity contribution in [2.75, 3.05) is 0 Å². The molecule has 0 unspecified atom stereocenters. The second-order valence-electron chi connectivity index (χ2n) is 36.0. The van der Waals surface area contributed by atoms with Crippen molar-refractivity contribution in [3.05, 3.63) is 506 Å². The number of hydrogen-bond donors (Lipinski definition) is 0. The Hall–Kier alpha value is -16.1. The molecule has 0 fully saturated rings. The molecular weight excluding hydrogens is 1770 g/mol. The Morgan fingerprint density at radius 1 is 0.150 bits per heavy atom. The lowest BCUT2D eigenvalue weighted by molar-refractivity contribution is 0.666. The highest BCUT2D eigenvalue weighted by atomic mass is 32.1. The van der Waals surface area contributed by atoms with Gasteiger partial charge in [-0.25, -0.2) is 0 Å². The van der Waals surface area contributed by atoms with Crippen molar-refractivity contribution < 1.29 is 13.3 Å². The normalized spacial score (nSPS) is 11.2. The van der Waals surface area contributed by atoms with Gasteiger partial charge < -0.3 is 13.3 Å². The van der Waals surface area contributed by atoms with Crippen molar-refractivity contribution in [1.82, 2.24) is 0 Å². The lowest BCUT2D eigenvalue weighted by Crippen LogP contribution is -1.82. The Balaban J connectivity index is 0.0000000939. The summed E-state index contributed by atoms with van der Waals surface area (Å²) in [5.41, 5.74) is 32.5. The molecule has 0 amide bonds. The van der Waals surface area contributed by atoms with Crippen molar-refractivity contribution in [1.29, 1.82) is 0 Å². The molecule has 0 atom stereocenters. The summed E-state index contributed by atoms with van der Waals surface area (Å²) in [6, 6.07) is 166. The summed E-state index contributed by atoms with van der Waals surface area (Å²) in [4.78, 5) is 0. The SMILES string of the molecule is Cc1ccc(-c2ccc3sc4ccccc4c3c2)cc1.Cc1ccc(-c2cccc3c2sc2ccccc23)cc1.Cc1ccc(-c2ccccc2)c2c1oc1ccccc12.Cc1cccc(-c2ccc3sc4ccccc4c3c2)c1.Cc1cccc(-c2cccc3oc4ccccc4c23)c1.Cc1ccccc1-c1ccc2sc3ccccc3c2c1.Cc1ccccc1-c1cccc2c1oc1ccccc12. The van der Waals surface area contributed by atoms with E-state index in [-0.39, 0.29) is 0 Å². The molecular formula is C133H98O3S4. The summed E-state index contributed by atoms with van der Waals surface area (Å²) in [5.74, 6) is 0. The van der Waals surface area contributed by atoms with Crippen molar-refractivity contribution >= 4 is 192 Å². The fraction of sp³-hybridized carbons (Fsp3) is 0.0526. The molecule has 28 rings (SSSR count). The van der Waals surface area contributed by atoms with E-state index < -0.39 is 0 Å². The first kappa shape index (κ1) is 89.1. The molecule has 0 spiro atoms. The highest BCUT2D eigenvalue weighted by Crippen LogP contribution is 2.46. The smallest absolute Gasteiger partial charge is 0.143 e. The zero-order chi connectivity index (χ0) is 94.7. The van der Waals surface area contributed by atoms with E-state index in [0.29, 0.717) is 0 Å². The van der Waals surface area contributed by atoms with Crippen LogP contribution >= 0.6 is 45.3 Å². The predicted octanol–water partition coefficient (Wildman–Crippen LogP) is 40.8. The van der Waals surface area contributed by atoms with Crippen LogP contribution in [0.3, 0.4) is 0 Å². The molecule has 0 radical (unpaired) electrons. The van der Waals surface area contributed by atoms with Gasteiger partial charge in [-0.2, -0.15) is 0 Å². The number of rotatable bonds is 7. The summed E-state index contributed by atoms with van der Waals surface area (Å²) in [5, 5.41) is 18.1. The Kier molecular flexibility index (Phi) is 25.2. The average Bonchev–Trinajstić information content (AvgIpc) is 1.57. The quantitative estimate of drug-likeness (QED) is 0.160. The standard InChI is InChI=1S/3C19H14O.4C19H14S/c1-13-6-4-7-14(12-13)15-9-5-11-18-19(15)16-8-2-3-10-17(16)20-18;1-13-7-2-3-8-14(13)16-10-6-11-17-15-9-4-5-12-18(15)20-19(16)17;1-13-11-12-15(14-7-3-2-4-8-14)18-16-9-5-6-10-17(16)20-19(13)18;1-13-5-4-6-14(11-13)15-9-10-19-17(12-15)16-7-2-3-8-18(16)20-19;1-13-6-2-3-7-15(13)14-10-11-19-17(12-14)16-8-4-5-9-18(16)20-19;1-13-9-11-14(12-10-13)15-6-4-7-17-16-5-2-3-8-18(16)20-19(15)17;1-13-6-8-14(9-7-13)15-10-11-19-17(12-15)16-4-2-3-5-18(16)20-19/h7*2-12H,1H3. The van der Waals surface area contributed by atoms with Crippen LogP contribution in [-0.4, -0.2) is 0 Å². The van der Waals surface area contributed by atoms with Crippen LogP contribution in [0.25, 0.3) is 224 Å². The van der Waals surface area contributed by atoms with Crippen molar-refractivity contribution in [2.24, 2.45) is 0 Å². The van der Waals surface area contributed by atoms with Crippen LogP contribution in [0.5, 0.6) is 0 Å². The fourth-order valence-corrected chi connectivity index (χ4v) is 23.9. The molecule has 0 bridgehead atoms. The van der Waals surface area contributed by atoms with Crippen LogP contribution in [0.1, 0.15) is 38.9 Å². The van der Waals surface area contributed by atoms with E-state index in [1.165, 1.54) is 224 Å². The summed E-state index contributed by atoms with van der Waals surface area (Å²) in [6.07, 6.45) is 0. The van der Waals surface area contributed by atoms with Crippen molar-refractivity contribution in [2.45, 2.75) is 48.5 Å². The van der Waals surface area contributed by atoms with Gasteiger partial charge in [-0.15, -0.1) is 45.3 Å². The topological polar surface area (TPSA) is 39.4 Å². The zero-order valence-electron chi connectivity index (χ0n) is 78.8. The van der Waals surface area contributed by atoms with Gasteiger partial charge in [-0.3, -0.25) is 0 Å². The Morgan fingerprint density at radius 3 is 1.07 bits per heavy atom. The number of thiophene rings is 4. The second kappa shape index (κ2) is 39.5. The van der Waals surface area contributed by atoms with Gasteiger partial charge in [-0.05, 0) is 222 Å². The lowest BCUT2D eigenvalue weighted by atomic mass is 9.98. The number of furan rings is 3. The highest BCUT2D eigenvalue weighted by Gasteiger charge is 2.19. The number of fused-ring (bicyclic) bond motifs is 21. The third-order valence-corrected chi connectivity index (χ3v) is 31.1. The Bertz CT molecular complexity index is 9390. The largest absolute Gasteiger partial charge is 0.456 e. The summed E-state index contributed by atoms with van der Waals surface area (Å²) in [6.45, 7) is 14.9. The summed E-state index contributed by atoms with van der Waals surface area (Å²) in [7, 11) is 0. The van der Waals surface area contributed by atoms with Crippen molar-refractivity contribution in [3.8, 4) is 77.9 Å². The minimum atomic E-state index is 0.947. The minimum absolute atomic E-state index is 0.947. The number of aryl methyl sites for hydroxylation is 7. The number of benzene rings is 21. The molecule has 0 aliphatic rings. The maximum absolute atomic E-state index is 6.09. The van der Waals surface area contributed by atoms with Gasteiger partial charge in [0.25, 0.3) is 0 Å². The van der Waals surface area contributed by atoms with Crippen LogP contribution in [0.15, 0.2) is 480 Å². The molecule has 21 aromatic carbocycles. The van der Waals surface area contributed by atoms with Gasteiger partial charge in [0.2, 0.25) is 0 Å². The van der Waals surface area contributed by atoms with Crippen LogP contribution in [0.2, 0.25) is 0 Å². The first-order valence-electron chi connectivity index (χ1n) is 47.6. The van der Waals surface area contributed by atoms with Crippen LogP contribution in [0.4, 0.5) is 0 Å². The molecule has 3 nitrogen and oxygen atoms in total. The monoisotopic (exact) mass is 1870 g/mol. The van der Waals surface area contributed by atoms with E-state index in [1.54, 1.807) is 0 Å². The van der Waals surface area contributed by atoms with E-state index in [0.717, 1.165) is 39.1 Å². The molecule has 7 heterocycles. The van der Waals surface area contributed by atoms with E-state index in [2.05, 4.69) is 467 Å². The molecule has 0 N–H and O–H groups in total. The second-order valence-corrected chi connectivity index (χ2v) is 40.3. The molecule has 28 aromatic rings. The third kappa shape index (κ3) is 18.2. The van der Waals surface area contributed by atoms with Gasteiger partial charge in [0.05, 0.1) is 0 Å². The third-order valence-electron chi connectivity index (χ3n) is 26.5. The van der Waals surface area contributed by atoms with Gasteiger partial charge in [-0.1, -0.05) is 404 Å². The molecule has 672 valence electrons. The molecule has 0 saturated carbocycles. The maximum atomic E-state index is 6.09. The van der Waals surface area contributed by atoms with Crippen LogP contribution < -0.4 is 0 Å². The first-order valence-corrected chi connectivity index (χ1v) is 50.9. The minimum Gasteiger partial charge on any atom is -0.456 e. The van der Waals surface area contributed by atoms with Gasteiger partial charge in [0, 0.05) is 119 Å².